The van der Waals surface area contributed by atoms with Crippen LogP contribution in [-0.4, -0.2) is 37.7 Å². The summed E-state index contributed by atoms with van der Waals surface area (Å²) < 4.78 is 6.63. The number of aromatic hydroxyl groups is 1. The summed E-state index contributed by atoms with van der Waals surface area (Å²) in [4.78, 5) is 20.9. The molecule has 0 fully saturated rings. The number of carbonyl (C=O) groups excluding carboxylic acids is 1. The minimum Gasteiger partial charge on any atom is -0.508 e. The van der Waals surface area contributed by atoms with Gasteiger partial charge >= 0.3 is 0 Å². The summed E-state index contributed by atoms with van der Waals surface area (Å²) in [7, 11) is 1.54. The van der Waals surface area contributed by atoms with E-state index in [1.807, 2.05) is 0 Å². The number of nitrogens with zero attached hydrogens (tertiary/aromatic N) is 4. The molecule has 0 aliphatic rings. The normalized spacial score (nSPS) is 10.9. The molecule has 0 aliphatic heterocycles. The number of ether oxygens (including phenoxy) is 1. The number of hydrogen-bond acceptors (Lipinski definition) is 6. The monoisotopic (exact) mass is 338 g/mol. The lowest BCUT2D eigenvalue weighted by Crippen LogP contribution is -2.10. The molecule has 0 atom stereocenters. The zero-order valence-electron chi connectivity index (χ0n) is 14.2. The van der Waals surface area contributed by atoms with E-state index in [9.17, 15) is 9.90 Å². The smallest absolute Gasteiger partial charge is 0.218 e. The van der Waals surface area contributed by atoms with Crippen molar-refractivity contribution in [2.24, 2.45) is 5.92 Å². The molecule has 1 aromatic carbocycles. The van der Waals surface area contributed by atoms with E-state index in [1.165, 1.54) is 0 Å². The highest BCUT2D eigenvalue weighted by atomic mass is 16.5. The predicted molar refractivity (Wildman–Crippen MR) is 92.0 cm³/mol. The number of carbonyl (C=O) groups is 1. The largest absolute Gasteiger partial charge is 0.508 e. The van der Waals surface area contributed by atoms with Crippen LogP contribution in [-0.2, 0) is 0 Å². The van der Waals surface area contributed by atoms with E-state index in [4.69, 9.17) is 4.74 Å². The van der Waals surface area contributed by atoms with E-state index >= 15 is 0 Å². The van der Waals surface area contributed by atoms with Crippen LogP contribution in [0.2, 0.25) is 0 Å². The van der Waals surface area contributed by atoms with Gasteiger partial charge in [0.25, 0.3) is 0 Å². The van der Waals surface area contributed by atoms with Crippen molar-refractivity contribution >= 4 is 5.78 Å². The average molecular weight is 338 g/mol. The van der Waals surface area contributed by atoms with Crippen LogP contribution >= 0.6 is 0 Å². The molecule has 1 N–H and O–H groups in total. The highest BCUT2D eigenvalue weighted by molar-refractivity contribution is 5.94. The summed E-state index contributed by atoms with van der Waals surface area (Å²) in [5.74, 6) is 0.926. The SMILES string of the molecule is COc1ccc(-n2nc(C(=O)C(C)C)nc2-c2ccc(O)cc2)cn1. The summed E-state index contributed by atoms with van der Waals surface area (Å²) in [6, 6.07) is 10.1. The molecule has 0 amide bonds. The lowest BCUT2D eigenvalue weighted by atomic mass is 10.1. The van der Waals surface area contributed by atoms with Crippen molar-refractivity contribution in [3.05, 3.63) is 48.4 Å². The molecular formula is C18H18N4O3. The Labute approximate surface area is 144 Å². The van der Waals surface area contributed by atoms with E-state index < -0.39 is 0 Å². The highest BCUT2D eigenvalue weighted by Gasteiger charge is 2.21. The number of benzene rings is 1. The molecule has 25 heavy (non-hydrogen) atoms. The minimum absolute atomic E-state index is 0.139. The second kappa shape index (κ2) is 6.72. The standard InChI is InChI=1S/C18H18N4O3/c1-11(2)16(24)17-20-18(12-4-7-14(23)8-5-12)22(21-17)13-6-9-15(25-3)19-10-13/h4-11,23H,1-3H3. The van der Waals surface area contributed by atoms with Gasteiger partial charge in [-0.15, -0.1) is 5.10 Å². The van der Waals surface area contributed by atoms with Crippen molar-refractivity contribution in [2.45, 2.75) is 13.8 Å². The molecule has 7 heteroatoms. The van der Waals surface area contributed by atoms with Gasteiger partial charge in [0.1, 0.15) is 5.75 Å². The zero-order chi connectivity index (χ0) is 18.0. The van der Waals surface area contributed by atoms with Crippen molar-refractivity contribution in [3.8, 4) is 28.7 Å². The van der Waals surface area contributed by atoms with Crippen LogP contribution in [0.1, 0.15) is 24.5 Å². The second-order valence-corrected chi connectivity index (χ2v) is 5.80. The molecule has 3 rings (SSSR count). The third-order valence-electron chi connectivity index (χ3n) is 3.65. The number of ketones is 1. The van der Waals surface area contributed by atoms with Gasteiger partial charge < -0.3 is 9.84 Å². The molecule has 0 aliphatic carbocycles. The summed E-state index contributed by atoms with van der Waals surface area (Å²) in [6.45, 7) is 3.61. The van der Waals surface area contributed by atoms with Crippen LogP contribution in [0.5, 0.6) is 11.6 Å². The van der Waals surface area contributed by atoms with E-state index in [-0.39, 0.29) is 23.3 Å². The first-order valence-corrected chi connectivity index (χ1v) is 7.80. The second-order valence-electron chi connectivity index (χ2n) is 5.80. The van der Waals surface area contributed by atoms with Crippen molar-refractivity contribution in [1.29, 1.82) is 0 Å². The van der Waals surface area contributed by atoms with Crippen molar-refractivity contribution in [3.63, 3.8) is 0 Å². The Morgan fingerprint density at radius 1 is 1.16 bits per heavy atom. The Morgan fingerprint density at radius 2 is 1.88 bits per heavy atom. The Morgan fingerprint density at radius 3 is 2.44 bits per heavy atom. The van der Waals surface area contributed by atoms with Gasteiger partial charge in [-0.3, -0.25) is 4.79 Å². The van der Waals surface area contributed by atoms with E-state index in [0.717, 1.165) is 5.56 Å². The summed E-state index contributed by atoms with van der Waals surface area (Å²) in [5, 5.41) is 13.9. The van der Waals surface area contributed by atoms with Gasteiger partial charge in [-0.2, -0.15) is 0 Å². The number of hydrogen-bond donors (Lipinski definition) is 1. The molecule has 7 nitrogen and oxygen atoms in total. The van der Waals surface area contributed by atoms with Crippen LogP contribution in [0.4, 0.5) is 0 Å². The Hall–Kier alpha value is -3.22. The molecule has 0 saturated heterocycles. The summed E-state index contributed by atoms with van der Waals surface area (Å²) in [5.41, 5.74) is 1.38. The molecule has 0 bridgehead atoms. The number of aromatic nitrogens is 4. The third-order valence-corrected chi connectivity index (χ3v) is 3.65. The number of Topliss-reactive ketones (excluding diaryl/α,β-unsaturated/α-hetero) is 1. The fourth-order valence-electron chi connectivity index (χ4n) is 2.27. The minimum atomic E-state index is -0.211. The fourth-order valence-corrected chi connectivity index (χ4v) is 2.27. The molecule has 128 valence electrons. The maximum absolute atomic E-state index is 12.3. The topological polar surface area (TPSA) is 90.1 Å². The number of phenolic OH excluding ortho intramolecular Hbond substituents is 1. The van der Waals surface area contributed by atoms with Crippen LogP contribution in [0.3, 0.4) is 0 Å². The molecule has 0 saturated carbocycles. The first kappa shape index (κ1) is 16.6. The van der Waals surface area contributed by atoms with Gasteiger partial charge in [-0.25, -0.2) is 14.6 Å². The average Bonchev–Trinajstić information content (AvgIpc) is 3.07. The summed E-state index contributed by atoms with van der Waals surface area (Å²) in [6.07, 6.45) is 1.60. The predicted octanol–water partition coefficient (Wildman–Crippen LogP) is 2.88. The van der Waals surface area contributed by atoms with Gasteiger partial charge in [0.05, 0.1) is 19.0 Å². The molecule has 3 aromatic rings. The van der Waals surface area contributed by atoms with Gasteiger partial charge in [-0.1, -0.05) is 13.8 Å². The lowest BCUT2D eigenvalue weighted by molar-refractivity contribution is 0.0929. The maximum atomic E-state index is 12.3. The number of pyridine rings is 1. The van der Waals surface area contributed by atoms with E-state index in [0.29, 0.717) is 17.4 Å². The highest BCUT2D eigenvalue weighted by Crippen LogP contribution is 2.24. The van der Waals surface area contributed by atoms with Crippen LogP contribution in [0.15, 0.2) is 42.6 Å². The number of rotatable bonds is 5. The van der Waals surface area contributed by atoms with Gasteiger partial charge in [0.2, 0.25) is 17.5 Å². The van der Waals surface area contributed by atoms with E-state index in [1.54, 1.807) is 68.2 Å². The molecule has 2 aromatic heterocycles. The van der Waals surface area contributed by atoms with Crippen molar-refractivity contribution in [2.75, 3.05) is 7.11 Å². The van der Waals surface area contributed by atoms with Crippen molar-refractivity contribution in [1.82, 2.24) is 19.7 Å². The molecule has 2 heterocycles. The fraction of sp³-hybridized carbons (Fsp3) is 0.222. The first-order chi connectivity index (χ1) is 12.0. The Balaban J connectivity index is 2.13. The number of methoxy groups -OCH3 is 1. The van der Waals surface area contributed by atoms with Gasteiger partial charge in [0, 0.05) is 17.5 Å². The van der Waals surface area contributed by atoms with Crippen molar-refractivity contribution < 1.29 is 14.6 Å². The quantitative estimate of drug-likeness (QED) is 0.719. The van der Waals surface area contributed by atoms with Gasteiger partial charge in [-0.05, 0) is 30.3 Å². The maximum Gasteiger partial charge on any atom is 0.218 e. The first-order valence-electron chi connectivity index (χ1n) is 7.80. The Bertz CT molecular complexity index is 884. The summed E-state index contributed by atoms with van der Waals surface area (Å²) >= 11 is 0. The molecule has 0 radical (unpaired) electrons. The van der Waals surface area contributed by atoms with Crippen LogP contribution < -0.4 is 4.74 Å². The molecule has 0 spiro atoms. The van der Waals surface area contributed by atoms with E-state index in [2.05, 4.69) is 15.1 Å². The van der Waals surface area contributed by atoms with Gasteiger partial charge in [0.15, 0.2) is 5.82 Å². The van der Waals surface area contributed by atoms with Crippen LogP contribution in [0, 0.1) is 5.92 Å². The van der Waals surface area contributed by atoms with Crippen LogP contribution in [0.25, 0.3) is 17.1 Å². The zero-order valence-corrected chi connectivity index (χ0v) is 14.2. The third kappa shape index (κ3) is 3.35. The molecule has 0 unspecified atom stereocenters. The molecular weight excluding hydrogens is 320 g/mol. The Kier molecular flexibility index (Phi) is 4.47. The lowest BCUT2D eigenvalue weighted by Gasteiger charge is -2.06. The number of phenols is 1.